The summed E-state index contributed by atoms with van der Waals surface area (Å²) in [5.74, 6) is 0.660. The Morgan fingerprint density at radius 3 is 2.56 bits per heavy atom. The van der Waals surface area contributed by atoms with Gasteiger partial charge < -0.3 is 20.1 Å². The first kappa shape index (κ1) is 21.2. The van der Waals surface area contributed by atoms with Crippen LogP contribution in [0.4, 0.5) is 0 Å². The lowest BCUT2D eigenvalue weighted by atomic mass is 9.90. The fraction of sp³-hybridized carbons (Fsp3) is 0.619. The maximum absolute atomic E-state index is 12.3. The summed E-state index contributed by atoms with van der Waals surface area (Å²) in [7, 11) is 0. The molecule has 0 aromatic heterocycles. The van der Waals surface area contributed by atoms with Crippen LogP contribution in [0.2, 0.25) is 0 Å². The molecule has 150 valence electrons. The number of carbonyl (C=O) groups is 2. The fourth-order valence-electron chi connectivity index (χ4n) is 3.14. The van der Waals surface area contributed by atoms with Gasteiger partial charge in [-0.1, -0.05) is 32.9 Å². The Labute approximate surface area is 161 Å². The standard InChI is InChI=1S/C21H32N2O4/c1-15-6-5-7-18(12-15)27-14-17(24)13-22-19(25)16-8-10-23(11-9-16)20(26)21(2,3)4/h5-7,12,16-17,24H,8-11,13-14H2,1-4H3,(H,22,25). The van der Waals surface area contributed by atoms with Crippen molar-refractivity contribution in [1.82, 2.24) is 10.2 Å². The maximum atomic E-state index is 12.3. The maximum Gasteiger partial charge on any atom is 0.227 e. The molecule has 1 aliphatic rings. The largest absolute Gasteiger partial charge is 0.491 e. The molecule has 1 fully saturated rings. The Morgan fingerprint density at radius 1 is 1.30 bits per heavy atom. The number of carbonyl (C=O) groups excluding carboxylic acids is 2. The van der Waals surface area contributed by atoms with Gasteiger partial charge in [-0.15, -0.1) is 0 Å². The Morgan fingerprint density at radius 2 is 1.96 bits per heavy atom. The van der Waals surface area contributed by atoms with Gasteiger partial charge >= 0.3 is 0 Å². The summed E-state index contributed by atoms with van der Waals surface area (Å²) in [6, 6.07) is 7.61. The second-order valence-corrected chi connectivity index (χ2v) is 8.34. The van der Waals surface area contributed by atoms with Crippen molar-refractivity contribution in [1.29, 1.82) is 0 Å². The quantitative estimate of drug-likeness (QED) is 0.797. The molecule has 1 aromatic carbocycles. The molecule has 2 rings (SSSR count). The number of aryl methyl sites for hydroxylation is 1. The SMILES string of the molecule is Cc1cccc(OCC(O)CNC(=O)C2CCN(C(=O)C(C)(C)C)CC2)c1. The number of piperidine rings is 1. The monoisotopic (exact) mass is 376 g/mol. The topological polar surface area (TPSA) is 78.9 Å². The van der Waals surface area contributed by atoms with E-state index in [2.05, 4.69) is 5.32 Å². The molecule has 1 unspecified atom stereocenters. The molecular formula is C21H32N2O4. The minimum atomic E-state index is -0.767. The molecule has 2 N–H and O–H groups in total. The molecule has 1 saturated heterocycles. The minimum Gasteiger partial charge on any atom is -0.491 e. The number of likely N-dealkylation sites (tertiary alicyclic amines) is 1. The molecule has 2 amide bonds. The van der Waals surface area contributed by atoms with Crippen LogP contribution < -0.4 is 10.1 Å². The highest BCUT2D eigenvalue weighted by Crippen LogP contribution is 2.23. The minimum absolute atomic E-state index is 0.0625. The number of amides is 2. The Kier molecular flexibility index (Phi) is 7.25. The second kappa shape index (κ2) is 9.22. The molecule has 0 spiro atoms. The van der Waals surface area contributed by atoms with Crippen molar-refractivity contribution in [2.75, 3.05) is 26.2 Å². The zero-order valence-corrected chi connectivity index (χ0v) is 16.8. The van der Waals surface area contributed by atoms with Crippen molar-refractivity contribution in [3.8, 4) is 5.75 Å². The number of aliphatic hydroxyl groups excluding tert-OH is 1. The third-order valence-corrected chi connectivity index (χ3v) is 4.74. The molecule has 6 nitrogen and oxygen atoms in total. The van der Waals surface area contributed by atoms with Crippen LogP contribution in [0, 0.1) is 18.3 Å². The predicted octanol–water partition coefficient (Wildman–Crippen LogP) is 2.14. The van der Waals surface area contributed by atoms with Crippen LogP contribution in [-0.4, -0.2) is 54.2 Å². The second-order valence-electron chi connectivity index (χ2n) is 8.34. The zero-order valence-electron chi connectivity index (χ0n) is 16.8. The summed E-state index contributed by atoms with van der Waals surface area (Å²) in [6.45, 7) is 9.20. The van der Waals surface area contributed by atoms with Crippen LogP contribution in [0.25, 0.3) is 0 Å². The summed E-state index contributed by atoms with van der Waals surface area (Å²) in [4.78, 5) is 26.5. The predicted molar refractivity (Wildman–Crippen MR) is 104 cm³/mol. The van der Waals surface area contributed by atoms with Gasteiger partial charge in [0.1, 0.15) is 18.5 Å². The summed E-state index contributed by atoms with van der Waals surface area (Å²) >= 11 is 0. The van der Waals surface area contributed by atoms with E-state index < -0.39 is 11.5 Å². The van der Waals surface area contributed by atoms with E-state index in [9.17, 15) is 14.7 Å². The van der Waals surface area contributed by atoms with Gasteiger partial charge in [0.15, 0.2) is 0 Å². The van der Waals surface area contributed by atoms with E-state index in [-0.39, 0.29) is 30.9 Å². The van der Waals surface area contributed by atoms with Crippen molar-refractivity contribution in [2.45, 2.75) is 46.6 Å². The van der Waals surface area contributed by atoms with E-state index in [0.717, 1.165) is 5.56 Å². The normalized spacial score (nSPS) is 16.7. The first-order valence-electron chi connectivity index (χ1n) is 9.61. The van der Waals surface area contributed by atoms with Crippen molar-refractivity contribution in [2.24, 2.45) is 11.3 Å². The molecule has 0 bridgehead atoms. The number of rotatable bonds is 6. The lowest BCUT2D eigenvalue weighted by Crippen LogP contribution is -2.47. The van der Waals surface area contributed by atoms with E-state index in [1.54, 1.807) is 0 Å². The highest BCUT2D eigenvalue weighted by Gasteiger charge is 2.32. The molecule has 0 saturated carbocycles. The number of aliphatic hydroxyl groups is 1. The van der Waals surface area contributed by atoms with Crippen LogP contribution in [0.1, 0.15) is 39.2 Å². The highest BCUT2D eigenvalue weighted by molar-refractivity contribution is 5.82. The third-order valence-electron chi connectivity index (χ3n) is 4.74. The van der Waals surface area contributed by atoms with Gasteiger partial charge in [-0.25, -0.2) is 0 Å². The van der Waals surface area contributed by atoms with Crippen molar-refractivity contribution >= 4 is 11.8 Å². The molecule has 27 heavy (non-hydrogen) atoms. The molecule has 1 heterocycles. The van der Waals surface area contributed by atoms with E-state index in [1.807, 2.05) is 56.9 Å². The summed E-state index contributed by atoms with van der Waals surface area (Å²) in [5.41, 5.74) is 0.697. The van der Waals surface area contributed by atoms with Crippen molar-refractivity contribution < 1.29 is 19.4 Å². The lowest BCUT2D eigenvalue weighted by molar-refractivity contribution is -0.142. The summed E-state index contributed by atoms with van der Waals surface area (Å²) in [6.07, 6.45) is 0.546. The number of hydrogen-bond donors (Lipinski definition) is 2. The Hall–Kier alpha value is -2.08. The molecule has 0 aliphatic carbocycles. The Balaban J connectivity index is 1.69. The lowest BCUT2D eigenvalue weighted by Gasteiger charge is -2.35. The van der Waals surface area contributed by atoms with Gasteiger partial charge in [-0.3, -0.25) is 9.59 Å². The van der Waals surface area contributed by atoms with Crippen molar-refractivity contribution in [3.63, 3.8) is 0 Å². The number of hydrogen-bond acceptors (Lipinski definition) is 4. The molecule has 1 atom stereocenters. The number of benzene rings is 1. The molecule has 1 aliphatic heterocycles. The van der Waals surface area contributed by atoms with Gasteiger partial charge in [-0.2, -0.15) is 0 Å². The van der Waals surface area contributed by atoms with Gasteiger partial charge in [0.2, 0.25) is 11.8 Å². The molecular weight excluding hydrogens is 344 g/mol. The Bertz CT molecular complexity index is 646. The van der Waals surface area contributed by atoms with E-state index >= 15 is 0 Å². The number of ether oxygens (including phenoxy) is 1. The average molecular weight is 376 g/mol. The zero-order chi connectivity index (χ0) is 20.0. The number of nitrogens with one attached hydrogen (secondary N) is 1. The van der Waals surface area contributed by atoms with Crippen molar-refractivity contribution in [3.05, 3.63) is 29.8 Å². The van der Waals surface area contributed by atoms with E-state index in [0.29, 0.717) is 31.7 Å². The van der Waals surface area contributed by atoms with Crippen LogP contribution in [0.5, 0.6) is 5.75 Å². The van der Waals surface area contributed by atoms with Crippen LogP contribution >= 0.6 is 0 Å². The third kappa shape index (κ3) is 6.54. The molecule has 6 heteroatoms. The van der Waals surface area contributed by atoms with Crippen LogP contribution in [-0.2, 0) is 9.59 Å². The smallest absolute Gasteiger partial charge is 0.227 e. The molecule has 0 radical (unpaired) electrons. The summed E-state index contributed by atoms with van der Waals surface area (Å²) < 4.78 is 5.55. The van der Waals surface area contributed by atoms with E-state index in [4.69, 9.17) is 4.74 Å². The average Bonchev–Trinajstić information content (AvgIpc) is 2.63. The van der Waals surface area contributed by atoms with Gasteiger partial charge in [0.05, 0.1) is 0 Å². The first-order valence-corrected chi connectivity index (χ1v) is 9.61. The van der Waals surface area contributed by atoms with Gasteiger partial charge in [0, 0.05) is 31.0 Å². The van der Waals surface area contributed by atoms with Gasteiger partial charge in [-0.05, 0) is 37.5 Å². The first-order chi connectivity index (χ1) is 12.7. The fourth-order valence-corrected chi connectivity index (χ4v) is 3.14. The van der Waals surface area contributed by atoms with E-state index in [1.165, 1.54) is 0 Å². The van der Waals surface area contributed by atoms with Crippen LogP contribution in [0.3, 0.4) is 0 Å². The highest BCUT2D eigenvalue weighted by atomic mass is 16.5. The molecule has 1 aromatic rings. The van der Waals surface area contributed by atoms with Crippen LogP contribution in [0.15, 0.2) is 24.3 Å². The number of nitrogens with zero attached hydrogens (tertiary/aromatic N) is 1. The summed E-state index contributed by atoms with van der Waals surface area (Å²) in [5, 5.41) is 12.8. The van der Waals surface area contributed by atoms with Gasteiger partial charge in [0.25, 0.3) is 0 Å².